The summed E-state index contributed by atoms with van der Waals surface area (Å²) >= 11 is 0. The van der Waals surface area contributed by atoms with E-state index in [1.807, 2.05) is 0 Å². The molecule has 2 unspecified atom stereocenters. The van der Waals surface area contributed by atoms with E-state index in [-0.39, 0.29) is 18.4 Å². The largest absolute Gasteiger partial charge is 0.480 e. The lowest BCUT2D eigenvalue weighted by Crippen LogP contribution is -2.40. The minimum Gasteiger partial charge on any atom is -0.480 e. The van der Waals surface area contributed by atoms with Gasteiger partial charge in [0.25, 0.3) is 0 Å². The molecule has 0 bridgehead atoms. The molecule has 1 aliphatic rings. The summed E-state index contributed by atoms with van der Waals surface area (Å²) in [5.41, 5.74) is 0. The van der Waals surface area contributed by atoms with Crippen molar-refractivity contribution in [2.24, 2.45) is 11.8 Å². The van der Waals surface area contributed by atoms with Gasteiger partial charge in [0.15, 0.2) is 0 Å². The Balaban J connectivity index is 2.69. The van der Waals surface area contributed by atoms with Gasteiger partial charge in [0.1, 0.15) is 6.54 Å². The Morgan fingerprint density at radius 2 is 2.24 bits per heavy atom. The monoisotopic (exact) mass is 241 g/mol. The van der Waals surface area contributed by atoms with Crippen molar-refractivity contribution in [3.63, 3.8) is 0 Å². The van der Waals surface area contributed by atoms with Gasteiger partial charge in [-0.3, -0.25) is 9.59 Å². The molecule has 1 saturated heterocycles. The summed E-state index contributed by atoms with van der Waals surface area (Å²) in [5, 5.41) is 8.81. The predicted octanol–water partition coefficient (Wildman–Crippen LogP) is 2.14. The Kier molecular flexibility index (Phi) is 5.45. The molecular weight excluding hydrogens is 218 g/mol. The van der Waals surface area contributed by atoms with Gasteiger partial charge in [0.2, 0.25) is 5.91 Å². The van der Waals surface area contributed by atoms with E-state index in [0.717, 1.165) is 32.1 Å². The molecule has 1 heterocycles. The number of rotatable bonds is 5. The first-order valence-electron chi connectivity index (χ1n) is 6.56. The van der Waals surface area contributed by atoms with Crippen LogP contribution in [0.3, 0.4) is 0 Å². The van der Waals surface area contributed by atoms with Crippen molar-refractivity contribution in [3.05, 3.63) is 0 Å². The molecule has 0 aromatic rings. The lowest BCUT2D eigenvalue weighted by molar-refractivity contribution is -0.146. The summed E-state index contributed by atoms with van der Waals surface area (Å²) in [4.78, 5) is 24.5. The number of hydrogen-bond donors (Lipinski definition) is 1. The average molecular weight is 241 g/mol. The van der Waals surface area contributed by atoms with E-state index >= 15 is 0 Å². The summed E-state index contributed by atoms with van der Waals surface area (Å²) in [5.74, 6) is -0.480. The van der Waals surface area contributed by atoms with Gasteiger partial charge in [-0.1, -0.05) is 33.1 Å². The molecule has 0 aromatic heterocycles. The number of nitrogens with zero attached hydrogens (tertiary/aromatic N) is 1. The Morgan fingerprint density at radius 1 is 1.53 bits per heavy atom. The lowest BCUT2D eigenvalue weighted by Gasteiger charge is -2.26. The van der Waals surface area contributed by atoms with Crippen LogP contribution in [0.25, 0.3) is 0 Å². The van der Waals surface area contributed by atoms with Crippen molar-refractivity contribution >= 4 is 11.9 Å². The second kappa shape index (κ2) is 6.62. The topological polar surface area (TPSA) is 57.6 Å². The highest BCUT2D eigenvalue weighted by molar-refractivity contribution is 5.83. The van der Waals surface area contributed by atoms with E-state index in [1.165, 1.54) is 4.90 Å². The van der Waals surface area contributed by atoms with E-state index in [9.17, 15) is 9.59 Å². The van der Waals surface area contributed by atoms with E-state index < -0.39 is 5.97 Å². The summed E-state index contributed by atoms with van der Waals surface area (Å²) in [6, 6.07) is 0. The number of hydrogen-bond acceptors (Lipinski definition) is 2. The van der Waals surface area contributed by atoms with Gasteiger partial charge in [-0.15, -0.1) is 0 Å². The number of aliphatic carboxylic acids is 1. The molecule has 1 N–H and O–H groups in total. The van der Waals surface area contributed by atoms with Crippen LogP contribution >= 0.6 is 0 Å². The van der Waals surface area contributed by atoms with Gasteiger partial charge >= 0.3 is 5.97 Å². The van der Waals surface area contributed by atoms with Crippen molar-refractivity contribution in [2.75, 3.05) is 13.1 Å². The molecule has 0 aromatic carbocycles. The first kappa shape index (κ1) is 14.0. The third-order valence-electron chi connectivity index (χ3n) is 3.58. The van der Waals surface area contributed by atoms with E-state index in [1.54, 1.807) is 0 Å². The first-order chi connectivity index (χ1) is 8.06. The number of likely N-dealkylation sites (tertiary alicyclic amines) is 1. The molecule has 0 aliphatic carbocycles. The van der Waals surface area contributed by atoms with Crippen molar-refractivity contribution in [2.45, 2.75) is 46.0 Å². The maximum atomic E-state index is 12.3. The normalized spacial score (nSPS) is 23.3. The number of carbonyl (C=O) groups excluding carboxylic acids is 1. The van der Waals surface area contributed by atoms with E-state index in [4.69, 9.17) is 5.11 Å². The van der Waals surface area contributed by atoms with Crippen molar-refractivity contribution in [1.29, 1.82) is 0 Å². The molecule has 4 nitrogen and oxygen atoms in total. The fraction of sp³-hybridized carbons (Fsp3) is 0.846. The van der Waals surface area contributed by atoms with Crippen LogP contribution in [-0.2, 0) is 9.59 Å². The quantitative estimate of drug-likeness (QED) is 0.802. The fourth-order valence-electron chi connectivity index (χ4n) is 2.64. The molecule has 98 valence electrons. The Labute approximate surface area is 103 Å². The second-order valence-corrected chi connectivity index (χ2v) is 5.02. The Hall–Kier alpha value is -1.06. The molecule has 17 heavy (non-hydrogen) atoms. The van der Waals surface area contributed by atoms with Crippen LogP contribution in [0.1, 0.15) is 46.0 Å². The van der Waals surface area contributed by atoms with E-state index in [2.05, 4.69) is 13.8 Å². The third kappa shape index (κ3) is 4.02. The van der Waals surface area contributed by atoms with Gasteiger partial charge in [0.05, 0.1) is 0 Å². The predicted molar refractivity (Wildman–Crippen MR) is 65.6 cm³/mol. The molecule has 0 radical (unpaired) electrons. The number of carboxylic acids is 1. The standard InChI is InChI=1S/C13H23NO3/c1-3-6-10(2)11-7-4-5-8-14(13(11)17)9-12(15)16/h10-11H,3-9H2,1-2H3,(H,15,16). The van der Waals surface area contributed by atoms with Gasteiger partial charge < -0.3 is 10.0 Å². The maximum absolute atomic E-state index is 12.3. The van der Waals surface area contributed by atoms with Crippen LogP contribution < -0.4 is 0 Å². The number of carboxylic acid groups (broad SMARTS) is 1. The smallest absolute Gasteiger partial charge is 0.323 e. The van der Waals surface area contributed by atoms with Crippen LogP contribution in [0.4, 0.5) is 0 Å². The molecule has 0 saturated carbocycles. The average Bonchev–Trinajstić information content (AvgIpc) is 2.42. The van der Waals surface area contributed by atoms with Gasteiger partial charge in [-0.2, -0.15) is 0 Å². The molecule has 1 amide bonds. The zero-order valence-corrected chi connectivity index (χ0v) is 10.8. The van der Waals surface area contributed by atoms with Crippen LogP contribution in [-0.4, -0.2) is 35.0 Å². The van der Waals surface area contributed by atoms with Crippen LogP contribution in [0.15, 0.2) is 0 Å². The van der Waals surface area contributed by atoms with Crippen molar-refractivity contribution in [1.82, 2.24) is 4.90 Å². The lowest BCUT2D eigenvalue weighted by atomic mass is 9.86. The molecule has 4 heteroatoms. The summed E-state index contributed by atoms with van der Waals surface area (Å²) in [7, 11) is 0. The zero-order valence-electron chi connectivity index (χ0n) is 10.8. The highest BCUT2D eigenvalue weighted by Gasteiger charge is 2.31. The summed E-state index contributed by atoms with van der Waals surface area (Å²) in [6.45, 7) is 4.68. The van der Waals surface area contributed by atoms with E-state index in [0.29, 0.717) is 12.5 Å². The Morgan fingerprint density at radius 3 is 2.82 bits per heavy atom. The zero-order chi connectivity index (χ0) is 12.8. The number of carbonyl (C=O) groups is 2. The highest BCUT2D eigenvalue weighted by Crippen LogP contribution is 2.27. The van der Waals surface area contributed by atoms with Crippen molar-refractivity contribution in [3.8, 4) is 0 Å². The van der Waals surface area contributed by atoms with Gasteiger partial charge in [-0.05, 0) is 18.8 Å². The van der Waals surface area contributed by atoms with Crippen molar-refractivity contribution < 1.29 is 14.7 Å². The third-order valence-corrected chi connectivity index (χ3v) is 3.58. The molecule has 2 atom stereocenters. The summed E-state index contributed by atoms with van der Waals surface area (Å²) in [6.07, 6.45) is 4.98. The first-order valence-corrected chi connectivity index (χ1v) is 6.56. The van der Waals surface area contributed by atoms with Gasteiger partial charge in [-0.25, -0.2) is 0 Å². The Bertz CT molecular complexity index is 278. The SMILES string of the molecule is CCCC(C)C1CCCCN(CC(=O)O)C1=O. The number of amides is 1. The van der Waals surface area contributed by atoms with Crippen LogP contribution in [0.5, 0.6) is 0 Å². The maximum Gasteiger partial charge on any atom is 0.323 e. The molecule has 1 rings (SSSR count). The minimum atomic E-state index is -0.915. The van der Waals surface area contributed by atoms with Gasteiger partial charge in [0, 0.05) is 12.5 Å². The minimum absolute atomic E-state index is 0.0248. The fourth-order valence-corrected chi connectivity index (χ4v) is 2.64. The summed E-state index contributed by atoms with van der Waals surface area (Å²) < 4.78 is 0. The molecular formula is C13H23NO3. The molecule has 1 aliphatic heterocycles. The second-order valence-electron chi connectivity index (χ2n) is 5.02. The highest BCUT2D eigenvalue weighted by atomic mass is 16.4. The molecule has 1 fully saturated rings. The molecule has 0 spiro atoms. The van der Waals surface area contributed by atoms with Crippen LogP contribution in [0, 0.1) is 11.8 Å². The van der Waals surface area contributed by atoms with Crippen LogP contribution in [0.2, 0.25) is 0 Å².